The summed E-state index contributed by atoms with van der Waals surface area (Å²) in [5, 5.41) is 0. The lowest BCUT2D eigenvalue weighted by molar-refractivity contribution is 0.381. The molecular formula is C11H17ClFNO. The van der Waals surface area contributed by atoms with Gasteiger partial charge in [-0.2, -0.15) is 0 Å². The minimum Gasteiger partial charge on any atom is -0.494 e. The Morgan fingerprint density at radius 3 is 2.67 bits per heavy atom. The average molecular weight is 234 g/mol. The Bertz CT molecular complexity index is 307. The SMILES string of the molecule is CCC[C@H](N)c1cccc(OC)c1F.Cl. The lowest BCUT2D eigenvalue weighted by atomic mass is 10.0. The van der Waals surface area contributed by atoms with Crippen molar-refractivity contribution in [3.63, 3.8) is 0 Å². The van der Waals surface area contributed by atoms with Crippen molar-refractivity contribution in [2.45, 2.75) is 25.8 Å². The van der Waals surface area contributed by atoms with Crippen LogP contribution in [-0.2, 0) is 0 Å². The zero-order chi connectivity index (χ0) is 10.6. The van der Waals surface area contributed by atoms with Gasteiger partial charge in [-0.25, -0.2) is 4.39 Å². The van der Waals surface area contributed by atoms with Crippen LogP contribution < -0.4 is 10.5 Å². The maximum Gasteiger partial charge on any atom is 0.169 e. The Labute approximate surface area is 96.0 Å². The van der Waals surface area contributed by atoms with E-state index in [-0.39, 0.29) is 30.0 Å². The van der Waals surface area contributed by atoms with Crippen LogP contribution in [0.3, 0.4) is 0 Å². The van der Waals surface area contributed by atoms with Crippen LogP contribution in [0.15, 0.2) is 18.2 Å². The summed E-state index contributed by atoms with van der Waals surface area (Å²) in [6.45, 7) is 2.03. The molecule has 0 fully saturated rings. The fourth-order valence-electron chi connectivity index (χ4n) is 1.44. The van der Waals surface area contributed by atoms with E-state index in [0.717, 1.165) is 12.8 Å². The molecule has 0 aliphatic rings. The third kappa shape index (κ3) is 3.36. The van der Waals surface area contributed by atoms with Crippen molar-refractivity contribution >= 4 is 12.4 Å². The van der Waals surface area contributed by atoms with Crippen LogP contribution >= 0.6 is 12.4 Å². The Morgan fingerprint density at radius 2 is 2.13 bits per heavy atom. The average Bonchev–Trinajstić information content (AvgIpc) is 2.18. The molecule has 1 atom stereocenters. The van der Waals surface area contributed by atoms with Crippen molar-refractivity contribution in [3.8, 4) is 5.75 Å². The van der Waals surface area contributed by atoms with Gasteiger partial charge in [-0.3, -0.25) is 0 Å². The Balaban J connectivity index is 0.00000196. The lowest BCUT2D eigenvalue weighted by Gasteiger charge is -2.13. The standard InChI is InChI=1S/C11H16FNO.ClH/c1-3-5-9(13)8-6-4-7-10(14-2)11(8)12;/h4,6-7,9H,3,5,13H2,1-2H3;1H/t9-;/m0./s1. The van der Waals surface area contributed by atoms with E-state index in [0.29, 0.717) is 5.56 Å². The molecule has 2 nitrogen and oxygen atoms in total. The van der Waals surface area contributed by atoms with Crippen molar-refractivity contribution in [3.05, 3.63) is 29.6 Å². The van der Waals surface area contributed by atoms with Crippen LogP contribution in [0.4, 0.5) is 4.39 Å². The summed E-state index contributed by atoms with van der Waals surface area (Å²) in [5.74, 6) is -0.0787. The van der Waals surface area contributed by atoms with Gasteiger partial charge in [0.25, 0.3) is 0 Å². The molecule has 1 rings (SSSR count). The number of nitrogens with two attached hydrogens (primary N) is 1. The second kappa shape index (κ2) is 6.64. The number of ether oxygens (including phenoxy) is 1. The maximum atomic E-state index is 13.6. The molecule has 0 spiro atoms. The molecule has 0 aliphatic heterocycles. The predicted molar refractivity (Wildman–Crippen MR) is 62.0 cm³/mol. The van der Waals surface area contributed by atoms with Crippen molar-refractivity contribution in [2.75, 3.05) is 7.11 Å². The van der Waals surface area contributed by atoms with E-state index in [2.05, 4.69) is 0 Å². The van der Waals surface area contributed by atoms with E-state index >= 15 is 0 Å². The zero-order valence-electron chi connectivity index (χ0n) is 9.00. The van der Waals surface area contributed by atoms with Crippen molar-refractivity contribution in [1.29, 1.82) is 0 Å². The number of methoxy groups -OCH3 is 1. The molecule has 1 aromatic carbocycles. The molecule has 1 aromatic rings. The third-order valence-electron chi connectivity index (χ3n) is 2.21. The van der Waals surface area contributed by atoms with Crippen molar-refractivity contribution in [1.82, 2.24) is 0 Å². The van der Waals surface area contributed by atoms with Gasteiger partial charge >= 0.3 is 0 Å². The van der Waals surface area contributed by atoms with Gasteiger partial charge in [-0.05, 0) is 12.5 Å². The van der Waals surface area contributed by atoms with Gasteiger partial charge in [-0.1, -0.05) is 25.5 Å². The molecule has 0 saturated heterocycles. The number of rotatable bonds is 4. The van der Waals surface area contributed by atoms with Gasteiger partial charge in [-0.15, -0.1) is 12.4 Å². The Kier molecular flexibility index (Phi) is 6.29. The molecule has 0 saturated carbocycles. The van der Waals surface area contributed by atoms with Crippen molar-refractivity contribution < 1.29 is 9.13 Å². The monoisotopic (exact) mass is 233 g/mol. The van der Waals surface area contributed by atoms with E-state index in [1.165, 1.54) is 7.11 Å². The van der Waals surface area contributed by atoms with Crippen molar-refractivity contribution in [2.24, 2.45) is 5.73 Å². The Hall–Kier alpha value is -0.800. The molecule has 0 unspecified atom stereocenters. The molecular weight excluding hydrogens is 217 g/mol. The maximum absolute atomic E-state index is 13.6. The highest BCUT2D eigenvalue weighted by molar-refractivity contribution is 5.85. The normalized spacial score (nSPS) is 11.7. The van der Waals surface area contributed by atoms with Crippen LogP contribution in [0, 0.1) is 5.82 Å². The molecule has 0 aliphatic carbocycles. The largest absolute Gasteiger partial charge is 0.494 e. The van der Waals surface area contributed by atoms with Gasteiger partial charge in [0.15, 0.2) is 11.6 Å². The number of halogens is 2. The summed E-state index contributed by atoms with van der Waals surface area (Å²) < 4.78 is 18.5. The number of benzene rings is 1. The fraction of sp³-hybridized carbons (Fsp3) is 0.455. The van der Waals surface area contributed by atoms with Crippen LogP contribution in [-0.4, -0.2) is 7.11 Å². The smallest absolute Gasteiger partial charge is 0.169 e. The summed E-state index contributed by atoms with van der Waals surface area (Å²) in [6.07, 6.45) is 1.72. The van der Waals surface area contributed by atoms with Crippen LogP contribution in [0.25, 0.3) is 0 Å². The summed E-state index contributed by atoms with van der Waals surface area (Å²) in [7, 11) is 1.45. The molecule has 15 heavy (non-hydrogen) atoms. The molecule has 0 aromatic heterocycles. The quantitative estimate of drug-likeness (QED) is 0.868. The highest BCUT2D eigenvalue weighted by Gasteiger charge is 2.13. The first-order chi connectivity index (χ1) is 6.70. The van der Waals surface area contributed by atoms with E-state index in [1.54, 1.807) is 18.2 Å². The first kappa shape index (κ1) is 14.2. The van der Waals surface area contributed by atoms with Gasteiger partial charge in [0.1, 0.15) is 0 Å². The highest BCUT2D eigenvalue weighted by Crippen LogP contribution is 2.25. The molecule has 0 amide bonds. The molecule has 0 radical (unpaired) electrons. The van der Waals surface area contributed by atoms with Gasteiger partial charge in [0.2, 0.25) is 0 Å². The number of hydrogen-bond acceptors (Lipinski definition) is 2. The molecule has 0 bridgehead atoms. The molecule has 4 heteroatoms. The summed E-state index contributed by atoms with van der Waals surface area (Å²) >= 11 is 0. The summed E-state index contributed by atoms with van der Waals surface area (Å²) in [4.78, 5) is 0. The molecule has 86 valence electrons. The van der Waals surface area contributed by atoms with E-state index in [1.807, 2.05) is 6.92 Å². The summed E-state index contributed by atoms with van der Waals surface area (Å²) in [6, 6.07) is 4.82. The van der Waals surface area contributed by atoms with Gasteiger partial charge in [0, 0.05) is 11.6 Å². The van der Waals surface area contributed by atoms with Crippen LogP contribution in [0.5, 0.6) is 5.75 Å². The molecule has 0 heterocycles. The predicted octanol–water partition coefficient (Wildman–Crippen LogP) is 3.06. The van der Waals surface area contributed by atoms with Gasteiger partial charge in [0.05, 0.1) is 7.11 Å². The third-order valence-corrected chi connectivity index (χ3v) is 2.21. The fourth-order valence-corrected chi connectivity index (χ4v) is 1.44. The first-order valence-electron chi connectivity index (χ1n) is 4.78. The number of hydrogen-bond donors (Lipinski definition) is 1. The van der Waals surface area contributed by atoms with Gasteiger partial charge < -0.3 is 10.5 Å². The Morgan fingerprint density at radius 1 is 1.47 bits per heavy atom. The van der Waals surface area contributed by atoms with E-state index < -0.39 is 0 Å². The minimum atomic E-state index is -0.337. The highest BCUT2D eigenvalue weighted by atomic mass is 35.5. The second-order valence-electron chi connectivity index (χ2n) is 3.26. The van der Waals surface area contributed by atoms with E-state index in [9.17, 15) is 4.39 Å². The molecule has 2 N–H and O–H groups in total. The first-order valence-corrected chi connectivity index (χ1v) is 4.78. The van der Waals surface area contributed by atoms with Crippen LogP contribution in [0.1, 0.15) is 31.4 Å². The topological polar surface area (TPSA) is 35.2 Å². The lowest BCUT2D eigenvalue weighted by Crippen LogP contribution is -2.12. The van der Waals surface area contributed by atoms with Crippen LogP contribution in [0.2, 0.25) is 0 Å². The second-order valence-corrected chi connectivity index (χ2v) is 3.26. The van der Waals surface area contributed by atoms with E-state index in [4.69, 9.17) is 10.5 Å². The summed E-state index contributed by atoms with van der Waals surface area (Å²) in [5.41, 5.74) is 6.37. The minimum absolute atomic E-state index is 0. The zero-order valence-corrected chi connectivity index (χ0v) is 9.81.